The quantitative estimate of drug-likeness (QED) is 0.789. The van der Waals surface area contributed by atoms with Gasteiger partial charge in [-0.05, 0) is 29.7 Å². The maximum atomic E-state index is 12.2. The van der Waals surface area contributed by atoms with Crippen LogP contribution in [0.4, 0.5) is 0 Å². The van der Waals surface area contributed by atoms with Crippen molar-refractivity contribution in [3.05, 3.63) is 71.3 Å². The van der Waals surface area contributed by atoms with Gasteiger partial charge in [-0.15, -0.1) is 0 Å². The monoisotopic (exact) mass is 347 g/mol. The number of carbonyl (C=O) groups is 1. The Bertz CT molecular complexity index is 569. The molecule has 0 saturated carbocycles. The highest BCUT2D eigenvalue weighted by Crippen LogP contribution is 2.09. The van der Waals surface area contributed by atoms with Crippen molar-refractivity contribution in [1.82, 2.24) is 5.32 Å². The summed E-state index contributed by atoms with van der Waals surface area (Å²) in [4.78, 5) is 12.2. The number of halogens is 1. The van der Waals surface area contributed by atoms with E-state index in [4.69, 9.17) is 0 Å². The van der Waals surface area contributed by atoms with E-state index in [9.17, 15) is 9.90 Å². The molecule has 4 heteroatoms. The molecule has 0 radical (unpaired) electrons. The Balaban J connectivity index is 1.98. The van der Waals surface area contributed by atoms with Gasteiger partial charge in [-0.2, -0.15) is 0 Å². The first-order valence-electron chi connectivity index (χ1n) is 6.83. The fourth-order valence-electron chi connectivity index (χ4n) is 2.07. The van der Waals surface area contributed by atoms with Crippen LogP contribution in [-0.2, 0) is 11.8 Å². The molecule has 2 aromatic rings. The van der Waals surface area contributed by atoms with Gasteiger partial charge in [0.15, 0.2) is 0 Å². The molecule has 2 rings (SSSR count). The number of rotatable bonds is 6. The average Bonchev–Trinajstić information content (AvgIpc) is 2.55. The summed E-state index contributed by atoms with van der Waals surface area (Å²) in [5.74, 6) is -0.161. The largest absolute Gasteiger partial charge is 0.394 e. The first kappa shape index (κ1) is 15.7. The minimum atomic E-state index is -0.282. The maximum absolute atomic E-state index is 12.2. The molecule has 0 aliphatic rings. The van der Waals surface area contributed by atoms with Crippen LogP contribution in [0, 0.1) is 0 Å². The van der Waals surface area contributed by atoms with E-state index < -0.39 is 0 Å². The van der Waals surface area contributed by atoms with Crippen LogP contribution in [0.5, 0.6) is 0 Å². The lowest BCUT2D eigenvalue weighted by molar-refractivity contribution is 0.0916. The SMILES string of the molecule is O=C(N[C@@H](CO)Cc1ccccc1)c1ccc(CBr)cc1. The van der Waals surface area contributed by atoms with Gasteiger partial charge in [-0.1, -0.05) is 58.4 Å². The molecule has 1 atom stereocenters. The van der Waals surface area contributed by atoms with Crippen LogP contribution >= 0.6 is 15.9 Å². The molecule has 0 spiro atoms. The Kier molecular flexibility index (Phi) is 5.96. The van der Waals surface area contributed by atoms with Gasteiger partial charge in [0.1, 0.15) is 0 Å². The lowest BCUT2D eigenvalue weighted by Gasteiger charge is -2.16. The molecule has 21 heavy (non-hydrogen) atoms. The number of aliphatic hydroxyl groups excluding tert-OH is 1. The molecule has 2 aromatic carbocycles. The zero-order valence-corrected chi connectivity index (χ0v) is 13.2. The molecule has 0 fully saturated rings. The van der Waals surface area contributed by atoms with Crippen molar-refractivity contribution >= 4 is 21.8 Å². The topological polar surface area (TPSA) is 49.3 Å². The molecule has 3 nitrogen and oxygen atoms in total. The highest BCUT2D eigenvalue weighted by molar-refractivity contribution is 9.08. The van der Waals surface area contributed by atoms with Crippen LogP contribution in [0.15, 0.2) is 54.6 Å². The summed E-state index contributed by atoms with van der Waals surface area (Å²) in [6, 6.07) is 16.9. The summed E-state index contributed by atoms with van der Waals surface area (Å²) >= 11 is 3.37. The third-order valence-corrected chi connectivity index (χ3v) is 3.90. The Labute approximate surface area is 133 Å². The minimum absolute atomic E-state index is 0.0832. The summed E-state index contributed by atoms with van der Waals surface area (Å²) in [5, 5.41) is 13.1. The van der Waals surface area contributed by atoms with Crippen LogP contribution in [0.1, 0.15) is 21.5 Å². The van der Waals surface area contributed by atoms with Crippen LogP contribution in [0.25, 0.3) is 0 Å². The van der Waals surface area contributed by atoms with Crippen molar-refractivity contribution in [3.63, 3.8) is 0 Å². The van der Waals surface area contributed by atoms with Crippen molar-refractivity contribution in [3.8, 4) is 0 Å². The number of hydrogen-bond acceptors (Lipinski definition) is 2. The van der Waals surface area contributed by atoms with Gasteiger partial charge < -0.3 is 10.4 Å². The van der Waals surface area contributed by atoms with E-state index in [2.05, 4.69) is 21.2 Å². The van der Waals surface area contributed by atoms with E-state index >= 15 is 0 Å². The van der Waals surface area contributed by atoms with Crippen molar-refractivity contribution in [2.75, 3.05) is 6.61 Å². The Hall–Kier alpha value is -1.65. The van der Waals surface area contributed by atoms with Gasteiger partial charge in [0.25, 0.3) is 5.91 Å². The van der Waals surface area contributed by atoms with Gasteiger partial charge in [-0.25, -0.2) is 0 Å². The van der Waals surface area contributed by atoms with Crippen molar-refractivity contribution < 1.29 is 9.90 Å². The summed E-state index contributed by atoms with van der Waals surface area (Å²) < 4.78 is 0. The molecule has 1 amide bonds. The zero-order chi connectivity index (χ0) is 15.1. The molecular formula is C17H18BrNO2. The molecular weight excluding hydrogens is 330 g/mol. The molecule has 2 N–H and O–H groups in total. The van der Waals surface area contributed by atoms with E-state index in [0.717, 1.165) is 16.5 Å². The summed E-state index contributed by atoms with van der Waals surface area (Å²) in [6.07, 6.45) is 0.614. The van der Waals surface area contributed by atoms with Gasteiger partial charge in [0.05, 0.1) is 12.6 Å². The third-order valence-electron chi connectivity index (χ3n) is 3.25. The molecule has 0 aromatic heterocycles. The summed E-state index contributed by atoms with van der Waals surface area (Å²) in [7, 11) is 0. The minimum Gasteiger partial charge on any atom is -0.394 e. The van der Waals surface area contributed by atoms with E-state index in [0.29, 0.717) is 12.0 Å². The normalized spacial score (nSPS) is 11.9. The van der Waals surface area contributed by atoms with Crippen molar-refractivity contribution in [1.29, 1.82) is 0 Å². The highest BCUT2D eigenvalue weighted by Gasteiger charge is 2.13. The first-order valence-corrected chi connectivity index (χ1v) is 7.95. The molecule has 0 bridgehead atoms. The lowest BCUT2D eigenvalue weighted by atomic mass is 10.1. The van der Waals surface area contributed by atoms with Crippen LogP contribution in [0.2, 0.25) is 0 Å². The third kappa shape index (κ3) is 4.69. The Morgan fingerprint density at radius 2 is 1.71 bits per heavy atom. The van der Waals surface area contributed by atoms with Crippen LogP contribution in [-0.4, -0.2) is 23.7 Å². The fourth-order valence-corrected chi connectivity index (χ4v) is 2.45. The van der Waals surface area contributed by atoms with Crippen molar-refractivity contribution in [2.45, 2.75) is 17.8 Å². The molecule has 0 aliphatic heterocycles. The lowest BCUT2D eigenvalue weighted by Crippen LogP contribution is -2.39. The number of hydrogen-bond donors (Lipinski definition) is 2. The number of amides is 1. The molecule has 0 unspecified atom stereocenters. The second-order valence-corrected chi connectivity index (χ2v) is 5.43. The number of nitrogens with one attached hydrogen (secondary N) is 1. The van der Waals surface area contributed by atoms with Gasteiger partial charge in [0.2, 0.25) is 0 Å². The average molecular weight is 348 g/mol. The second-order valence-electron chi connectivity index (χ2n) is 4.87. The number of carbonyl (C=O) groups excluding carboxylic acids is 1. The van der Waals surface area contributed by atoms with Crippen LogP contribution in [0.3, 0.4) is 0 Å². The van der Waals surface area contributed by atoms with Crippen LogP contribution < -0.4 is 5.32 Å². The summed E-state index contributed by atoms with van der Waals surface area (Å²) in [5.41, 5.74) is 2.81. The van der Waals surface area contributed by atoms with Gasteiger partial charge in [-0.3, -0.25) is 4.79 Å². The number of aliphatic hydroxyl groups is 1. The van der Waals surface area contributed by atoms with E-state index in [1.54, 1.807) is 12.1 Å². The predicted octanol–water partition coefficient (Wildman–Crippen LogP) is 2.91. The molecule has 0 heterocycles. The molecule has 0 saturated heterocycles. The van der Waals surface area contributed by atoms with Gasteiger partial charge >= 0.3 is 0 Å². The zero-order valence-electron chi connectivity index (χ0n) is 11.6. The Morgan fingerprint density at radius 1 is 1.05 bits per heavy atom. The van der Waals surface area contributed by atoms with E-state index in [-0.39, 0.29) is 18.6 Å². The molecule has 0 aliphatic carbocycles. The smallest absolute Gasteiger partial charge is 0.251 e. The molecule has 110 valence electrons. The van der Waals surface area contributed by atoms with Crippen molar-refractivity contribution in [2.24, 2.45) is 0 Å². The standard InChI is InChI=1S/C17H18BrNO2/c18-11-14-6-8-15(9-7-14)17(21)19-16(12-20)10-13-4-2-1-3-5-13/h1-9,16,20H,10-12H2,(H,19,21)/t16-/m1/s1. The van der Waals surface area contributed by atoms with Gasteiger partial charge in [0, 0.05) is 10.9 Å². The fraction of sp³-hybridized carbons (Fsp3) is 0.235. The summed E-state index contributed by atoms with van der Waals surface area (Å²) in [6.45, 7) is -0.0832. The first-order chi connectivity index (χ1) is 10.2. The van der Waals surface area contributed by atoms with E-state index in [1.165, 1.54) is 0 Å². The highest BCUT2D eigenvalue weighted by atomic mass is 79.9. The number of benzene rings is 2. The number of alkyl halides is 1. The predicted molar refractivity (Wildman–Crippen MR) is 87.6 cm³/mol. The Morgan fingerprint density at radius 3 is 2.29 bits per heavy atom. The second kappa shape index (κ2) is 7.96. The maximum Gasteiger partial charge on any atom is 0.251 e. The van der Waals surface area contributed by atoms with E-state index in [1.807, 2.05) is 42.5 Å².